The van der Waals surface area contributed by atoms with Gasteiger partial charge in [-0.15, -0.1) is 0 Å². The SMILES string of the molecule is CCN1c2cc3c(cc2C(C)CC1(C)C)C(c1ccccc1C(=O)N(C)CCCC(=O)NCc1ccc(C(C)OC(=O)NCCCNC(=O)c2ccc(C(=O)ON)c(O)c2)c([N+](=O)[O-])c1)=c1cc2c4c(c1C3)CCC[N+]=4CCC2. The number of anilines is 1. The Kier molecular flexibility index (Phi) is 16.5. The Morgan fingerprint density at radius 2 is 1.67 bits per heavy atom. The lowest BCUT2D eigenvalue weighted by Crippen LogP contribution is -2.48. The smallest absolute Gasteiger partial charge is 0.407 e. The molecular weight excluding hydrogens is 1000 g/mol. The summed E-state index contributed by atoms with van der Waals surface area (Å²) >= 11 is 0. The molecule has 0 radical (unpaired) electrons. The first-order valence-corrected chi connectivity index (χ1v) is 27.5. The Labute approximate surface area is 459 Å². The maximum Gasteiger partial charge on any atom is 0.407 e. The van der Waals surface area contributed by atoms with Crippen molar-refractivity contribution in [2.45, 2.75) is 117 Å². The van der Waals surface area contributed by atoms with Crippen LogP contribution in [0.4, 0.5) is 16.2 Å². The number of aromatic hydroxyl groups is 1. The van der Waals surface area contributed by atoms with E-state index in [1.165, 1.54) is 80.8 Å². The van der Waals surface area contributed by atoms with E-state index >= 15 is 0 Å². The third-order valence-corrected chi connectivity index (χ3v) is 16.1. The van der Waals surface area contributed by atoms with Crippen molar-refractivity contribution in [1.29, 1.82) is 0 Å². The number of fused-ring (bicyclic) bond motifs is 4. The van der Waals surface area contributed by atoms with E-state index in [1.54, 1.807) is 18.0 Å². The summed E-state index contributed by atoms with van der Waals surface area (Å²) in [5, 5.41) is 33.0. The van der Waals surface area contributed by atoms with E-state index in [4.69, 9.17) is 10.6 Å². The predicted molar refractivity (Wildman–Crippen MR) is 299 cm³/mol. The van der Waals surface area contributed by atoms with Crippen LogP contribution in [-0.2, 0) is 40.2 Å². The lowest BCUT2D eigenvalue weighted by Gasteiger charge is -2.47. The third-order valence-electron chi connectivity index (χ3n) is 16.1. The number of hydrogen-bond donors (Lipinski definition) is 5. The predicted octanol–water partition coefficient (Wildman–Crippen LogP) is 6.75. The van der Waals surface area contributed by atoms with Gasteiger partial charge < -0.3 is 40.4 Å². The van der Waals surface area contributed by atoms with Crippen molar-refractivity contribution in [3.8, 4) is 5.75 Å². The van der Waals surface area contributed by atoms with Gasteiger partial charge in [0.2, 0.25) is 11.3 Å². The van der Waals surface area contributed by atoms with Gasteiger partial charge in [-0.2, -0.15) is 5.90 Å². The second-order valence-electron chi connectivity index (χ2n) is 21.9. The summed E-state index contributed by atoms with van der Waals surface area (Å²) in [5.74, 6) is 2.84. The number of carbonyl (C=O) groups excluding carboxylic acids is 5. The van der Waals surface area contributed by atoms with Gasteiger partial charge in [0, 0.05) is 98.6 Å². The zero-order chi connectivity index (χ0) is 56.3. The van der Waals surface area contributed by atoms with Crippen LogP contribution in [0.2, 0.25) is 0 Å². The number of nitro benzene ring substituents is 1. The number of hydrogen-bond acceptors (Lipinski definition) is 12. The molecule has 18 heteroatoms. The molecular formula is C61H71N8O10+. The van der Waals surface area contributed by atoms with E-state index in [9.17, 15) is 39.2 Å². The number of nitrogens with two attached hydrogens (primary N) is 1. The zero-order valence-corrected chi connectivity index (χ0v) is 46.0. The third kappa shape index (κ3) is 11.6. The minimum atomic E-state index is -1.01. The Bertz CT molecular complexity index is 3410. The van der Waals surface area contributed by atoms with Crippen LogP contribution in [0.5, 0.6) is 5.75 Å². The molecule has 0 fully saturated rings. The lowest BCUT2D eigenvalue weighted by molar-refractivity contribution is -0.386. The van der Waals surface area contributed by atoms with Gasteiger partial charge in [-0.05, 0) is 165 Å². The maximum atomic E-state index is 14.7. The average molecular weight is 1080 g/mol. The first-order chi connectivity index (χ1) is 37.9. The molecule has 18 nitrogen and oxygen atoms in total. The lowest BCUT2D eigenvalue weighted by atomic mass is 9.74. The molecule has 79 heavy (non-hydrogen) atoms. The van der Waals surface area contributed by atoms with Crippen molar-refractivity contribution in [2.75, 3.05) is 51.2 Å². The molecule has 6 N–H and O–H groups in total. The number of nitro groups is 1. The number of rotatable bonds is 18. The first-order valence-electron chi connectivity index (χ1n) is 27.5. The average Bonchev–Trinajstić information content (AvgIpc) is 3.31. The number of benzene rings is 5. The van der Waals surface area contributed by atoms with Crippen molar-refractivity contribution in [3.63, 3.8) is 0 Å². The van der Waals surface area contributed by atoms with E-state index in [-0.39, 0.29) is 65.8 Å². The van der Waals surface area contributed by atoms with Crippen molar-refractivity contribution in [2.24, 2.45) is 5.90 Å². The number of nitrogens with zero attached hydrogens (tertiary/aromatic N) is 4. The summed E-state index contributed by atoms with van der Waals surface area (Å²) in [6.07, 6.45) is 5.21. The molecule has 5 aromatic rings. The molecule has 3 heterocycles. The molecule has 0 spiro atoms. The highest BCUT2D eigenvalue weighted by Gasteiger charge is 2.38. The van der Waals surface area contributed by atoms with Gasteiger partial charge >= 0.3 is 12.1 Å². The quantitative estimate of drug-likeness (QED) is 0.0260. The minimum Gasteiger partial charge on any atom is -0.507 e. The van der Waals surface area contributed by atoms with Gasteiger partial charge in [-0.25, -0.2) is 14.2 Å². The van der Waals surface area contributed by atoms with Gasteiger partial charge in [0.05, 0.1) is 10.5 Å². The van der Waals surface area contributed by atoms with E-state index in [2.05, 4.69) is 82.2 Å². The standard InChI is InChI=1S/C61H70N8O10/c1-7-68-51-31-41-30-49-44-17-11-27-67-26-10-14-39(56(44)67)29-50(49)55(48(41)33-47(51)36(2)34-61(68,4)5)43-15-8-9-16-45(43)58(73)66(6)25-12-18-54(71)65-35-38-19-21-42(52(28-38)69(76)77)37(3)78-60(75)64-24-13-23-63-57(72)40-20-22-46(53(70)32-40)59(74)79-62/h8-9,15-16,19-22,28-29,31-33,36-37H,7,10-14,17-18,23-27,30,34-35,62H2,1-6H3,(H3-,63,64,65,70,71,72,74,75)/p+1. The van der Waals surface area contributed by atoms with Crippen LogP contribution in [0.1, 0.15) is 166 Å². The number of alkyl carbamates (subject to hydrolysis) is 1. The monoisotopic (exact) mass is 1080 g/mol. The van der Waals surface area contributed by atoms with E-state index in [0.717, 1.165) is 75.4 Å². The van der Waals surface area contributed by atoms with Crippen LogP contribution in [0.15, 0.2) is 78.9 Å². The number of amides is 4. The molecule has 0 bridgehead atoms. The fourth-order valence-corrected chi connectivity index (χ4v) is 12.4. The Morgan fingerprint density at radius 3 is 2.42 bits per heavy atom. The molecule has 3 aliphatic heterocycles. The van der Waals surface area contributed by atoms with Gasteiger partial charge in [0.15, 0.2) is 0 Å². The van der Waals surface area contributed by atoms with Crippen LogP contribution >= 0.6 is 0 Å². The highest BCUT2D eigenvalue weighted by molar-refractivity contribution is 6.02. The number of carbonyl (C=O) groups is 5. The van der Waals surface area contributed by atoms with Gasteiger partial charge in [-0.1, -0.05) is 31.2 Å². The highest BCUT2D eigenvalue weighted by Crippen LogP contribution is 2.47. The Morgan fingerprint density at radius 1 is 0.911 bits per heavy atom. The molecule has 2 unspecified atom stereocenters. The van der Waals surface area contributed by atoms with Crippen LogP contribution in [-0.4, -0.2) is 96.6 Å². The normalized spacial score (nSPS) is 16.0. The topological polar surface area (TPSA) is 239 Å². The summed E-state index contributed by atoms with van der Waals surface area (Å²) < 4.78 is 8.04. The van der Waals surface area contributed by atoms with E-state index < -0.39 is 34.7 Å². The number of phenolic OH excluding ortho intramolecular Hbond substituents is 1. The molecule has 4 aliphatic rings. The van der Waals surface area contributed by atoms with Crippen LogP contribution < -0.4 is 41.9 Å². The molecule has 1 aliphatic carbocycles. The highest BCUT2D eigenvalue weighted by atomic mass is 16.7. The van der Waals surface area contributed by atoms with Gasteiger partial charge in [-0.3, -0.25) is 24.5 Å². The summed E-state index contributed by atoms with van der Waals surface area (Å²) in [7, 11) is 1.78. The molecule has 5 aromatic carbocycles. The molecule has 0 saturated carbocycles. The molecule has 0 aromatic heterocycles. The van der Waals surface area contributed by atoms with Crippen LogP contribution in [0.25, 0.3) is 5.57 Å². The Hall–Kier alpha value is -8.12. The van der Waals surface area contributed by atoms with Crippen LogP contribution in [0, 0.1) is 10.1 Å². The fraction of sp³-hybridized carbons (Fsp3) is 0.410. The number of nitrogens with one attached hydrogen (secondary N) is 3. The van der Waals surface area contributed by atoms with E-state index in [0.29, 0.717) is 36.4 Å². The van der Waals surface area contributed by atoms with Crippen molar-refractivity contribution in [1.82, 2.24) is 25.4 Å². The second kappa shape index (κ2) is 23.5. The molecule has 0 saturated heterocycles. The van der Waals surface area contributed by atoms with Crippen LogP contribution in [0.3, 0.4) is 0 Å². The van der Waals surface area contributed by atoms with Crippen molar-refractivity contribution in [3.05, 3.63) is 166 Å². The van der Waals surface area contributed by atoms with Gasteiger partial charge in [0.25, 0.3) is 17.5 Å². The number of ether oxygens (including phenoxy) is 1. The molecule has 9 rings (SSSR count). The summed E-state index contributed by atoms with van der Waals surface area (Å²) in [4.78, 5) is 84.7. The first kappa shape index (κ1) is 55.6. The zero-order valence-electron chi connectivity index (χ0n) is 46.0. The van der Waals surface area contributed by atoms with Crippen molar-refractivity contribution >= 4 is 46.7 Å². The minimum absolute atomic E-state index is 0.0183. The summed E-state index contributed by atoms with van der Waals surface area (Å²) in [6, 6.07) is 23.4. The second-order valence-corrected chi connectivity index (χ2v) is 21.9. The summed E-state index contributed by atoms with van der Waals surface area (Å²) in [5.41, 5.74) is 12.3. The molecule has 4 amide bonds. The number of aryl methyl sites for hydroxylation is 1. The van der Waals surface area contributed by atoms with E-state index in [1.807, 2.05) is 18.2 Å². The molecule has 414 valence electrons. The molecule has 2 atom stereocenters. The van der Waals surface area contributed by atoms with Gasteiger partial charge in [0.1, 0.15) is 30.5 Å². The summed E-state index contributed by atoms with van der Waals surface area (Å²) in [6.45, 7) is 14.5. The van der Waals surface area contributed by atoms with Crippen molar-refractivity contribution < 1.29 is 43.6 Å². The number of phenols is 1. The largest absolute Gasteiger partial charge is 0.507 e. The maximum absolute atomic E-state index is 14.7. The fourth-order valence-electron chi connectivity index (χ4n) is 12.4. The Balaban J connectivity index is 0.823.